The fraction of sp³-hybridized carbons (Fsp3) is 0.692. The largest absolute Gasteiger partial charge is 0.381 e. The van der Waals surface area contributed by atoms with Crippen LogP contribution in [0.4, 0.5) is 5.82 Å². The Bertz CT molecular complexity index is 448. The van der Waals surface area contributed by atoms with Crippen LogP contribution >= 0.6 is 0 Å². The number of aromatic amines is 1. The van der Waals surface area contributed by atoms with Crippen molar-refractivity contribution < 1.29 is 4.74 Å². The fourth-order valence-electron chi connectivity index (χ4n) is 2.22. The summed E-state index contributed by atoms with van der Waals surface area (Å²) < 4.78 is 5.35. The molecule has 1 aromatic rings. The predicted molar refractivity (Wildman–Crippen MR) is 71.2 cm³/mol. The first-order valence-electron chi connectivity index (χ1n) is 6.49. The van der Waals surface area contributed by atoms with Crippen LogP contribution in [0.15, 0.2) is 10.9 Å². The van der Waals surface area contributed by atoms with Gasteiger partial charge in [-0.3, -0.25) is 4.79 Å². The zero-order valence-electron chi connectivity index (χ0n) is 11.3. The second kappa shape index (κ2) is 5.52. The number of rotatable bonds is 3. The third-order valence-electron chi connectivity index (χ3n) is 3.39. The summed E-state index contributed by atoms with van der Waals surface area (Å²) >= 11 is 0. The van der Waals surface area contributed by atoms with Crippen molar-refractivity contribution in [1.82, 2.24) is 9.97 Å². The van der Waals surface area contributed by atoms with Crippen LogP contribution in [0.1, 0.15) is 38.4 Å². The van der Waals surface area contributed by atoms with E-state index in [9.17, 15) is 4.79 Å². The summed E-state index contributed by atoms with van der Waals surface area (Å²) in [4.78, 5) is 21.1. The molecular formula is C13H21N3O2. The zero-order valence-corrected chi connectivity index (χ0v) is 11.3. The molecule has 1 fully saturated rings. The molecule has 0 aromatic carbocycles. The van der Waals surface area contributed by atoms with Gasteiger partial charge < -0.3 is 14.6 Å². The summed E-state index contributed by atoms with van der Waals surface area (Å²) in [6, 6.07) is 1.58. The molecule has 0 atom stereocenters. The van der Waals surface area contributed by atoms with Gasteiger partial charge in [0, 0.05) is 32.2 Å². The Balaban J connectivity index is 2.16. The number of ether oxygens (including phenoxy) is 1. The lowest BCUT2D eigenvalue weighted by molar-refractivity contribution is 0.0818. The minimum atomic E-state index is -0.0717. The van der Waals surface area contributed by atoms with Crippen LogP contribution in [0.5, 0.6) is 0 Å². The number of methoxy groups -OCH3 is 1. The Morgan fingerprint density at radius 1 is 1.44 bits per heavy atom. The highest BCUT2D eigenvalue weighted by Crippen LogP contribution is 2.19. The highest BCUT2D eigenvalue weighted by Gasteiger charge is 2.20. The van der Waals surface area contributed by atoms with E-state index in [-0.39, 0.29) is 11.5 Å². The second-order valence-electron chi connectivity index (χ2n) is 5.07. The first kappa shape index (κ1) is 13.1. The van der Waals surface area contributed by atoms with Crippen molar-refractivity contribution in [2.75, 3.05) is 25.1 Å². The van der Waals surface area contributed by atoms with Gasteiger partial charge in [-0.15, -0.1) is 0 Å². The number of piperidine rings is 1. The van der Waals surface area contributed by atoms with Gasteiger partial charge in [-0.05, 0) is 12.8 Å². The van der Waals surface area contributed by atoms with E-state index < -0.39 is 0 Å². The summed E-state index contributed by atoms with van der Waals surface area (Å²) in [7, 11) is 1.75. The number of nitrogens with one attached hydrogen (secondary N) is 1. The summed E-state index contributed by atoms with van der Waals surface area (Å²) in [6.07, 6.45) is 2.32. The molecule has 0 bridgehead atoms. The van der Waals surface area contributed by atoms with E-state index in [4.69, 9.17) is 4.74 Å². The Hall–Kier alpha value is -1.36. The van der Waals surface area contributed by atoms with Crippen molar-refractivity contribution in [2.45, 2.75) is 38.7 Å². The molecule has 0 aliphatic carbocycles. The van der Waals surface area contributed by atoms with Gasteiger partial charge in [-0.1, -0.05) is 13.8 Å². The summed E-state index contributed by atoms with van der Waals surface area (Å²) in [5.74, 6) is 1.78. The Morgan fingerprint density at radius 2 is 2.11 bits per heavy atom. The molecule has 18 heavy (non-hydrogen) atoms. The zero-order chi connectivity index (χ0) is 13.1. The molecule has 5 nitrogen and oxygen atoms in total. The minimum Gasteiger partial charge on any atom is -0.381 e. The molecule has 1 aliphatic heterocycles. The number of H-pyrrole nitrogens is 1. The van der Waals surface area contributed by atoms with Crippen molar-refractivity contribution in [3.05, 3.63) is 22.2 Å². The van der Waals surface area contributed by atoms with Crippen molar-refractivity contribution >= 4 is 5.82 Å². The van der Waals surface area contributed by atoms with Gasteiger partial charge in [0.1, 0.15) is 11.6 Å². The number of hydrogen-bond acceptors (Lipinski definition) is 4. The summed E-state index contributed by atoms with van der Waals surface area (Å²) in [6.45, 7) is 5.84. The van der Waals surface area contributed by atoms with E-state index in [1.165, 1.54) is 0 Å². The highest BCUT2D eigenvalue weighted by atomic mass is 16.5. The van der Waals surface area contributed by atoms with Gasteiger partial charge >= 0.3 is 0 Å². The molecule has 0 saturated carbocycles. The van der Waals surface area contributed by atoms with Crippen LogP contribution in [0.2, 0.25) is 0 Å². The van der Waals surface area contributed by atoms with E-state index in [1.54, 1.807) is 13.2 Å². The molecule has 1 aromatic heterocycles. The first-order chi connectivity index (χ1) is 8.60. The van der Waals surface area contributed by atoms with E-state index >= 15 is 0 Å². The lowest BCUT2D eigenvalue weighted by Gasteiger charge is -2.32. The molecular weight excluding hydrogens is 230 g/mol. The number of aromatic nitrogens is 2. The van der Waals surface area contributed by atoms with Gasteiger partial charge in [0.25, 0.3) is 5.56 Å². The maximum Gasteiger partial charge on any atom is 0.252 e. The molecule has 1 aliphatic rings. The van der Waals surface area contributed by atoms with Crippen LogP contribution in [0.25, 0.3) is 0 Å². The molecule has 0 radical (unpaired) electrons. The minimum absolute atomic E-state index is 0.0717. The van der Waals surface area contributed by atoms with Crippen LogP contribution in [-0.2, 0) is 4.74 Å². The standard InChI is InChI=1S/C13H21N3O2/c1-9(2)13-14-11(8-12(17)15-13)16-6-4-10(18-3)5-7-16/h8-10H,4-7H2,1-3H3,(H,14,15,17). The maximum atomic E-state index is 11.6. The molecule has 2 rings (SSSR count). The van der Waals surface area contributed by atoms with Gasteiger partial charge in [0.05, 0.1) is 6.10 Å². The average molecular weight is 251 g/mol. The number of nitrogens with zero attached hydrogens (tertiary/aromatic N) is 2. The molecule has 1 N–H and O–H groups in total. The smallest absolute Gasteiger partial charge is 0.252 e. The molecule has 5 heteroatoms. The fourth-order valence-corrected chi connectivity index (χ4v) is 2.22. The number of anilines is 1. The quantitative estimate of drug-likeness (QED) is 0.884. The molecule has 100 valence electrons. The van der Waals surface area contributed by atoms with Crippen LogP contribution < -0.4 is 10.5 Å². The van der Waals surface area contributed by atoms with E-state index in [2.05, 4.69) is 14.9 Å². The average Bonchev–Trinajstić information content (AvgIpc) is 2.38. The lowest BCUT2D eigenvalue weighted by atomic mass is 10.1. The molecule has 2 heterocycles. The Morgan fingerprint density at radius 3 is 2.67 bits per heavy atom. The van der Waals surface area contributed by atoms with Crippen molar-refractivity contribution in [2.24, 2.45) is 0 Å². The monoisotopic (exact) mass is 251 g/mol. The van der Waals surface area contributed by atoms with E-state index in [1.807, 2.05) is 13.8 Å². The van der Waals surface area contributed by atoms with E-state index in [0.29, 0.717) is 6.10 Å². The molecule has 0 unspecified atom stereocenters. The van der Waals surface area contributed by atoms with Gasteiger partial charge in [-0.25, -0.2) is 4.98 Å². The highest BCUT2D eigenvalue weighted by molar-refractivity contribution is 5.38. The van der Waals surface area contributed by atoms with Crippen molar-refractivity contribution in [3.63, 3.8) is 0 Å². The normalized spacial score (nSPS) is 17.4. The van der Waals surface area contributed by atoms with Crippen LogP contribution in [-0.4, -0.2) is 36.3 Å². The van der Waals surface area contributed by atoms with Crippen LogP contribution in [0, 0.1) is 0 Å². The van der Waals surface area contributed by atoms with Crippen molar-refractivity contribution in [1.29, 1.82) is 0 Å². The number of hydrogen-bond donors (Lipinski definition) is 1. The van der Waals surface area contributed by atoms with Crippen molar-refractivity contribution in [3.8, 4) is 0 Å². The van der Waals surface area contributed by atoms with Gasteiger partial charge in [0.2, 0.25) is 0 Å². The third kappa shape index (κ3) is 2.90. The maximum absolute atomic E-state index is 11.6. The Labute approximate surface area is 107 Å². The Kier molecular flexibility index (Phi) is 4.01. The van der Waals surface area contributed by atoms with Gasteiger partial charge in [-0.2, -0.15) is 0 Å². The molecule has 1 saturated heterocycles. The lowest BCUT2D eigenvalue weighted by Crippen LogP contribution is -2.37. The topological polar surface area (TPSA) is 58.2 Å². The molecule has 0 amide bonds. The first-order valence-corrected chi connectivity index (χ1v) is 6.49. The van der Waals surface area contributed by atoms with E-state index in [0.717, 1.165) is 37.6 Å². The second-order valence-corrected chi connectivity index (χ2v) is 5.07. The summed E-state index contributed by atoms with van der Waals surface area (Å²) in [5, 5.41) is 0. The summed E-state index contributed by atoms with van der Waals surface area (Å²) in [5.41, 5.74) is -0.0717. The predicted octanol–water partition coefficient (Wildman–Crippen LogP) is 1.51. The SMILES string of the molecule is COC1CCN(c2cc(=O)[nH]c(C(C)C)n2)CC1. The van der Waals surface area contributed by atoms with Gasteiger partial charge in [0.15, 0.2) is 0 Å². The molecule has 0 spiro atoms. The third-order valence-corrected chi connectivity index (χ3v) is 3.39. The van der Waals surface area contributed by atoms with Crippen LogP contribution in [0.3, 0.4) is 0 Å².